The Balaban J connectivity index is 2.26. The van der Waals surface area contributed by atoms with E-state index in [4.69, 9.17) is 10.5 Å². The maximum atomic E-state index is 12.3. The minimum Gasteiger partial charge on any atom is -0.449 e. The molecule has 0 aliphatic rings. The second kappa shape index (κ2) is 6.21. The number of hydrogen-bond acceptors (Lipinski definition) is 5. The fraction of sp³-hybridized carbons (Fsp3) is 0.200. The molecule has 0 fully saturated rings. The Hall–Kier alpha value is -2.96. The number of hydrogen-bond donors (Lipinski definition) is 2. The minimum atomic E-state index is -1.15. The van der Waals surface area contributed by atoms with Gasteiger partial charge < -0.3 is 10.5 Å². The van der Waals surface area contributed by atoms with Gasteiger partial charge in [0.05, 0.1) is 11.1 Å². The Morgan fingerprint density at radius 3 is 2.64 bits per heavy atom. The number of imide groups is 1. The van der Waals surface area contributed by atoms with Crippen molar-refractivity contribution >= 4 is 28.8 Å². The molecule has 0 aliphatic heterocycles. The molecule has 1 aromatic heterocycles. The molecule has 114 valence electrons. The van der Waals surface area contributed by atoms with Crippen LogP contribution in [0.2, 0.25) is 0 Å². The first-order chi connectivity index (χ1) is 10.4. The van der Waals surface area contributed by atoms with Crippen LogP contribution in [0.5, 0.6) is 0 Å². The maximum absolute atomic E-state index is 12.3. The molecule has 2 rings (SSSR count). The highest BCUT2D eigenvalue weighted by Gasteiger charge is 2.21. The molecule has 7 nitrogen and oxygen atoms in total. The van der Waals surface area contributed by atoms with Crippen molar-refractivity contribution in [3.8, 4) is 0 Å². The summed E-state index contributed by atoms with van der Waals surface area (Å²) in [5.41, 5.74) is 6.46. The number of benzene rings is 1. The first kappa shape index (κ1) is 15.4. The Labute approximate surface area is 126 Å². The number of nitrogens with one attached hydrogen (secondary N) is 1. The number of nitrogens with two attached hydrogens (primary N) is 1. The van der Waals surface area contributed by atoms with E-state index in [1.165, 1.54) is 6.92 Å². The second-order valence-corrected chi connectivity index (χ2v) is 4.73. The quantitative estimate of drug-likeness (QED) is 0.829. The number of carbonyl (C=O) groups is 3. The Bertz CT molecular complexity index is 758. The molecule has 0 bridgehead atoms. The number of rotatable bonds is 3. The molecule has 0 aliphatic carbocycles. The highest BCUT2D eigenvalue weighted by atomic mass is 16.5. The lowest BCUT2D eigenvalue weighted by Gasteiger charge is -2.13. The molecule has 0 saturated heterocycles. The number of fused-ring (bicyclic) bond motifs is 1. The van der Waals surface area contributed by atoms with Crippen molar-refractivity contribution in [3.63, 3.8) is 0 Å². The average Bonchev–Trinajstić information content (AvgIpc) is 2.45. The number of esters is 1. The third-order valence-corrected chi connectivity index (χ3v) is 2.96. The molecule has 22 heavy (non-hydrogen) atoms. The summed E-state index contributed by atoms with van der Waals surface area (Å²) in [7, 11) is 0. The lowest BCUT2D eigenvalue weighted by Crippen LogP contribution is -2.42. The van der Waals surface area contributed by atoms with E-state index in [-0.39, 0.29) is 0 Å². The van der Waals surface area contributed by atoms with Crippen molar-refractivity contribution in [1.29, 1.82) is 0 Å². The van der Waals surface area contributed by atoms with Crippen LogP contribution in [0.4, 0.5) is 4.79 Å². The van der Waals surface area contributed by atoms with Gasteiger partial charge in [-0.15, -0.1) is 0 Å². The first-order valence-corrected chi connectivity index (χ1v) is 6.56. The van der Waals surface area contributed by atoms with E-state index in [9.17, 15) is 14.4 Å². The maximum Gasteiger partial charge on any atom is 0.339 e. The van der Waals surface area contributed by atoms with Crippen molar-refractivity contribution in [2.45, 2.75) is 20.0 Å². The van der Waals surface area contributed by atoms with Gasteiger partial charge in [0.15, 0.2) is 6.10 Å². The van der Waals surface area contributed by atoms with Gasteiger partial charge in [-0.1, -0.05) is 18.2 Å². The summed E-state index contributed by atoms with van der Waals surface area (Å²) in [5.74, 6) is -1.45. The Kier molecular flexibility index (Phi) is 4.36. The first-order valence-electron chi connectivity index (χ1n) is 6.56. The Morgan fingerprint density at radius 2 is 1.95 bits per heavy atom. The highest BCUT2D eigenvalue weighted by Crippen LogP contribution is 2.19. The summed E-state index contributed by atoms with van der Waals surface area (Å²) in [5, 5.41) is 2.48. The fourth-order valence-corrected chi connectivity index (χ4v) is 1.98. The normalized spacial score (nSPS) is 11.7. The number of para-hydroxylation sites is 1. The average molecular weight is 301 g/mol. The van der Waals surface area contributed by atoms with Gasteiger partial charge in [0, 0.05) is 11.1 Å². The number of amides is 3. The van der Waals surface area contributed by atoms with E-state index in [2.05, 4.69) is 4.98 Å². The summed E-state index contributed by atoms with van der Waals surface area (Å²) in [6.45, 7) is 3.11. The number of ether oxygens (including phenoxy) is 1. The van der Waals surface area contributed by atoms with Crippen molar-refractivity contribution in [1.82, 2.24) is 10.3 Å². The summed E-state index contributed by atoms with van der Waals surface area (Å²) < 4.78 is 5.08. The zero-order chi connectivity index (χ0) is 16.3. The van der Waals surface area contributed by atoms with E-state index in [1.807, 2.05) is 11.4 Å². The molecular formula is C15H15N3O4. The molecular weight excluding hydrogens is 286 g/mol. The van der Waals surface area contributed by atoms with Crippen LogP contribution >= 0.6 is 0 Å². The zero-order valence-corrected chi connectivity index (χ0v) is 12.1. The predicted octanol–water partition coefficient (Wildman–Crippen LogP) is 1.28. The summed E-state index contributed by atoms with van der Waals surface area (Å²) in [6.07, 6.45) is -1.15. The van der Waals surface area contributed by atoms with Crippen LogP contribution in [-0.2, 0) is 9.53 Å². The van der Waals surface area contributed by atoms with Crippen LogP contribution in [0.15, 0.2) is 30.3 Å². The van der Waals surface area contributed by atoms with Gasteiger partial charge in [-0.25, -0.2) is 9.59 Å². The van der Waals surface area contributed by atoms with E-state index in [0.717, 1.165) is 0 Å². The van der Waals surface area contributed by atoms with Crippen LogP contribution in [-0.4, -0.2) is 29.0 Å². The molecule has 0 spiro atoms. The molecule has 7 heteroatoms. The van der Waals surface area contributed by atoms with Gasteiger partial charge >= 0.3 is 12.0 Å². The molecule has 1 heterocycles. The summed E-state index contributed by atoms with van der Waals surface area (Å²) >= 11 is 0. The van der Waals surface area contributed by atoms with Gasteiger partial charge in [0.2, 0.25) is 0 Å². The number of aryl methyl sites for hydroxylation is 1. The van der Waals surface area contributed by atoms with Crippen molar-refractivity contribution in [3.05, 3.63) is 41.6 Å². The predicted molar refractivity (Wildman–Crippen MR) is 79.1 cm³/mol. The van der Waals surface area contributed by atoms with E-state index < -0.39 is 24.0 Å². The van der Waals surface area contributed by atoms with Crippen LogP contribution < -0.4 is 11.1 Å². The molecule has 1 atom stereocenters. The van der Waals surface area contributed by atoms with Crippen molar-refractivity contribution < 1.29 is 19.1 Å². The largest absolute Gasteiger partial charge is 0.449 e. The second-order valence-electron chi connectivity index (χ2n) is 4.73. The zero-order valence-electron chi connectivity index (χ0n) is 12.1. The summed E-state index contributed by atoms with van der Waals surface area (Å²) in [4.78, 5) is 38.8. The van der Waals surface area contributed by atoms with Crippen molar-refractivity contribution in [2.24, 2.45) is 5.73 Å². The number of urea groups is 1. The standard InChI is InChI=1S/C15H15N3O4/c1-8-7-11(10-5-3-4-6-12(10)17-8)14(20)22-9(2)13(19)18-15(16)21/h3-7,9H,1-2H3,(H3,16,18,19,21)/t9-/m0/s1. The SMILES string of the molecule is Cc1cc(C(=O)O[C@@H](C)C(=O)NC(N)=O)c2ccccc2n1. The molecule has 0 radical (unpaired) electrons. The smallest absolute Gasteiger partial charge is 0.339 e. The molecule has 3 amide bonds. The number of carbonyl (C=O) groups excluding carboxylic acids is 3. The molecule has 1 aromatic carbocycles. The number of pyridine rings is 1. The van der Waals surface area contributed by atoms with E-state index >= 15 is 0 Å². The number of primary amides is 1. The van der Waals surface area contributed by atoms with Gasteiger partial charge in [-0.3, -0.25) is 15.1 Å². The minimum absolute atomic E-state index is 0.307. The Morgan fingerprint density at radius 1 is 1.27 bits per heavy atom. The van der Waals surface area contributed by atoms with Gasteiger partial charge in [0.25, 0.3) is 5.91 Å². The third-order valence-electron chi connectivity index (χ3n) is 2.96. The fourth-order valence-electron chi connectivity index (χ4n) is 1.98. The van der Waals surface area contributed by atoms with Gasteiger partial charge in [-0.05, 0) is 26.0 Å². The van der Waals surface area contributed by atoms with Crippen LogP contribution in [0, 0.1) is 6.92 Å². The van der Waals surface area contributed by atoms with Crippen LogP contribution in [0.1, 0.15) is 23.0 Å². The molecule has 3 N–H and O–H groups in total. The van der Waals surface area contributed by atoms with Crippen LogP contribution in [0.3, 0.4) is 0 Å². The lowest BCUT2D eigenvalue weighted by atomic mass is 10.1. The third kappa shape index (κ3) is 3.38. The topological polar surface area (TPSA) is 111 Å². The van der Waals surface area contributed by atoms with Gasteiger partial charge in [0.1, 0.15) is 0 Å². The summed E-state index contributed by atoms with van der Waals surface area (Å²) in [6, 6.07) is 7.70. The molecule has 0 unspecified atom stereocenters. The van der Waals surface area contributed by atoms with Crippen molar-refractivity contribution in [2.75, 3.05) is 0 Å². The highest BCUT2D eigenvalue weighted by molar-refractivity contribution is 6.04. The molecule has 2 aromatic rings. The lowest BCUT2D eigenvalue weighted by molar-refractivity contribution is -0.127. The van der Waals surface area contributed by atoms with E-state index in [0.29, 0.717) is 22.2 Å². The van der Waals surface area contributed by atoms with Gasteiger partial charge in [-0.2, -0.15) is 0 Å². The van der Waals surface area contributed by atoms with Crippen LogP contribution in [0.25, 0.3) is 10.9 Å². The molecule has 0 saturated carbocycles. The monoisotopic (exact) mass is 301 g/mol. The van der Waals surface area contributed by atoms with E-state index in [1.54, 1.807) is 31.2 Å². The number of aromatic nitrogens is 1. The number of nitrogens with zero attached hydrogens (tertiary/aromatic N) is 1.